The van der Waals surface area contributed by atoms with Crippen molar-refractivity contribution in [2.75, 3.05) is 31.2 Å². The third-order valence-electron chi connectivity index (χ3n) is 8.02. The van der Waals surface area contributed by atoms with Crippen LogP contribution in [0.4, 0.5) is 10.5 Å². The molecule has 0 unspecified atom stereocenters. The van der Waals surface area contributed by atoms with Gasteiger partial charge in [-0.15, -0.1) is 5.06 Å². The molecule has 220 valence electrons. The molecule has 1 saturated carbocycles. The zero-order chi connectivity index (χ0) is 29.3. The molecule has 0 aromatic heterocycles. The Labute approximate surface area is 246 Å². The molecule has 42 heavy (non-hydrogen) atoms. The maximum atomic E-state index is 13.5. The molecule has 3 atom stereocenters. The average molecular weight is 571 g/mol. The quantitative estimate of drug-likeness (QED) is 0.386. The van der Waals surface area contributed by atoms with Crippen LogP contribution in [0, 0.1) is 5.92 Å². The number of primary amides is 1. The second-order valence-corrected chi connectivity index (χ2v) is 10.8. The minimum absolute atomic E-state index is 0.0219. The van der Waals surface area contributed by atoms with Gasteiger partial charge in [0.25, 0.3) is 0 Å². The van der Waals surface area contributed by atoms with Gasteiger partial charge in [0, 0.05) is 11.6 Å². The number of carbonyl (C=O) groups is 3. The molecule has 0 spiro atoms. The molecule has 0 radical (unpaired) electrons. The summed E-state index contributed by atoms with van der Waals surface area (Å²) in [5, 5.41) is 4.56. The van der Waals surface area contributed by atoms with Gasteiger partial charge >= 0.3 is 6.09 Å². The summed E-state index contributed by atoms with van der Waals surface area (Å²) in [7, 11) is 0. The highest BCUT2D eigenvalue weighted by Gasteiger charge is 2.34. The van der Waals surface area contributed by atoms with E-state index in [0.717, 1.165) is 42.5 Å². The number of morpholine rings is 1. The number of para-hydroxylation sites is 1. The summed E-state index contributed by atoms with van der Waals surface area (Å²) >= 11 is 0. The number of benzene rings is 3. The van der Waals surface area contributed by atoms with E-state index in [2.05, 4.69) is 5.32 Å². The Morgan fingerprint density at radius 3 is 2.21 bits per heavy atom. The first kappa shape index (κ1) is 29.3. The topological polar surface area (TPSA) is 114 Å². The minimum atomic E-state index is -0.871. The van der Waals surface area contributed by atoms with Crippen molar-refractivity contribution in [2.45, 2.75) is 44.2 Å². The van der Waals surface area contributed by atoms with Crippen LogP contribution in [0.5, 0.6) is 0 Å². The Kier molecular flexibility index (Phi) is 9.84. The van der Waals surface area contributed by atoms with Gasteiger partial charge in [-0.2, -0.15) is 0 Å². The number of carbonyl (C=O) groups excluding carboxylic acids is 3. The number of hydroxylamine groups is 2. The highest BCUT2D eigenvalue weighted by atomic mass is 16.7. The van der Waals surface area contributed by atoms with Crippen molar-refractivity contribution in [3.63, 3.8) is 0 Å². The molecule has 3 N–H and O–H groups in total. The number of rotatable bonds is 9. The van der Waals surface area contributed by atoms with Crippen molar-refractivity contribution in [1.29, 1.82) is 0 Å². The molecule has 0 bridgehead atoms. The summed E-state index contributed by atoms with van der Waals surface area (Å²) in [6.07, 6.45) is 3.16. The second kappa shape index (κ2) is 14.1. The van der Waals surface area contributed by atoms with E-state index >= 15 is 0 Å². The van der Waals surface area contributed by atoms with E-state index in [1.807, 2.05) is 72.8 Å². The molecule has 3 aromatic carbocycles. The molecule has 3 amide bonds. The molecule has 3 aromatic rings. The van der Waals surface area contributed by atoms with Gasteiger partial charge in [0.15, 0.2) is 0 Å². The van der Waals surface area contributed by atoms with Crippen molar-refractivity contribution in [2.24, 2.45) is 11.7 Å². The predicted molar refractivity (Wildman–Crippen MR) is 159 cm³/mol. The number of ether oxygens (including phenoxy) is 1. The fourth-order valence-electron chi connectivity index (χ4n) is 5.78. The molecule has 1 saturated heterocycles. The average Bonchev–Trinajstić information content (AvgIpc) is 3.04. The van der Waals surface area contributed by atoms with Gasteiger partial charge in [0.2, 0.25) is 11.8 Å². The van der Waals surface area contributed by atoms with Crippen molar-refractivity contribution in [3.8, 4) is 0 Å². The lowest BCUT2D eigenvalue weighted by atomic mass is 9.74. The summed E-state index contributed by atoms with van der Waals surface area (Å²) in [5.74, 6) is -0.980. The first-order valence-corrected chi connectivity index (χ1v) is 14.6. The number of nitrogens with zero attached hydrogens (tertiary/aromatic N) is 2. The Balaban J connectivity index is 1.29. The van der Waals surface area contributed by atoms with Gasteiger partial charge in [-0.3, -0.25) is 14.5 Å². The highest BCUT2D eigenvalue weighted by molar-refractivity contribution is 5.89. The van der Waals surface area contributed by atoms with Crippen molar-refractivity contribution < 1.29 is 24.0 Å². The summed E-state index contributed by atoms with van der Waals surface area (Å²) in [6, 6.07) is 25.8. The van der Waals surface area contributed by atoms with E-state index in [0.29, 0.717) is 38.4 Å². The summed E-state index contributed by atoms with van der Waals surface area (Å²) in [5.41, 5.74) is 9.09. The minimum Gasteiger partial charge on any atom is -0.379 e. The molecule has 1 aliphatic carbocycles. The zero-order valence-electron chi connectivity index (χ0n) is 23.7. The number of hydrogen-bond acceptors (Lipinski definition) is 6. The SMILES string of the molecule is NC(=O)[C@@H](NC(=O)[C@@H]1CCCC[C@H]1c1ccc(CN(C(=O)ON2CCOCC2)c2ccccc2)cc1)c1ccccc1. The van der Waals surface area contributed by atoms with Gasteiger partial charge in [-0.25, -0.2) is 4.79 Å². The van der Waals surface area contributed by atoms with Crippen LogP contribution in [0.15, 0.2) is 84.9 Å². The number of hydrogen-bond donors (Lipinski definition) is 2. The summed E-state index contributed by atoms with van der Waals surface area (Å²) < 4.78 is 5.36. The van der Waals surface area contributed by atoms with Crippen LogP contribution in [0.3, 0.4) is 0 Å². The van der Waals surface area contributed by atoms with Gasteiger partial charge in [-0.1, -0.05) is 85.6 Å². The maximum absolute atomic E-state index is 13.5. The van der Waals surface area contributed by atoms with Crippen LogP contribution < -0.4 is 16.0 Å². The normalized spacial score (nSPS) is 19.8. The van der Waals surface area contributed by atoms with E-state index in [4.69, 9.17) is 15.3 Å². The number of anilines is 1. The maximum Gasteiger partial charge on any atom is 0.433 e. The van der Waals surface area contributed by atoms with Gasteiger partial charge in [0.1, 0.15) is 6.04 Å². The van der Waals surface area contributed by atoms with E-state index < -0.39 is 18.0 Å². The molecule has 2 fully saturated rings. The van der Waals surface area contributed by atoms with E-state index in [9.17, 15) is 14.4 Å². The molecule has 1 heterocycles. The Morgan fingerprint density at radius 2 is 1.55 bits per heavy atom. The molecule has 9 heteroatoms. The Morgan fingerprint density at radius 1 is 0.905 bits per heavy atom. The van der Waals surface area contributed by atoms with Crippen LogP contribution >= 0.6 is 0 Å². The largest absolute Gasteiger partial charge is 0.433 e. The van der Waals surface area contributed by atoms with Gasteiger partial charge < -0.3 is 20.6 Å². The van der Waals surface area contributed by atoms with Gasteiger partial charge in [0.05, 0.1) is 32.8 Å². The second-order valence-electron chi connectivity index (χ2n) is 10.8. The smallest absolute Gasteiger partial charge is 0.379 e. The zero-order valence-corrected chi connectivity index (χ0v) is 23.7. The molecule has 2 aliphatic rings. The van der Waals surface area contributed by atoms with Crippen LogP contribution in [0.25, 0.3) is 0 Å². The number of nitrogens with two attached hydrogens (primary N) is 1. The van der Waals surface area contributed by atoms with E-state index in [-0.39, 0.29) is 17.7 Å². The van der Waals surface area contributed by atoms with E-state index in [1.165, 1.54) is 0 Å². The third kappa shape index (κ3) is 7.35. The molecular formula is C33H38N4O5. The van der Waals surface area contributed by atoms with Crippen LogP contribution in [0.2, 0.25) is 0 Å². The summed E-state index contributed by atoms with van der Waals surface area (Å²) in [4.78, 5) is 46.2. The monoisotopic (exact) mass is 570 g/mol. The molecule has 5 rings (SSSR count). The van der Waals surface area contributed by atoms with Crippen LogP contribution in [-0.2, 0) is 25.7 Å². The molecular weight excluding hydrogens is 532 g/mol. The van der Waals surface area contributed by atoms with Gasteiger partial charge in [-0.05, 0) is 47.6 Å². The molecule has 1 aliphatic heterocycles. The molecule has 9 nitrogen and oxygen atoms in total. The third-order valence-corrected chi connectivity index (χ3v) is 8.02. The number of amides is 3. The highest BCUT2D eigenvalue weighted by Crippen LogP contribution is 2.38. The van der Waals surface area contributed by atoms with Crippen molar-refractivity contribution in [3.05, 3.63) is 102 Å². The first-order valence-electron chi connectivity index (χ1n) is 14.6. The van der Waals surface area contributed by atoms with Crippen LogP contribution in [-0.4, -0.2) is 49.3 Å². The first-order chi connectivity index (χ1) is 20.5. The van der Waals surface area contributed by atoms with Crippen LogP contribution in [0.1, 0.15) is 54.3 Å². The van der Waals surface area contributed by atoms with Crippen molar-refractivity contribution in [1.82, 2.24) is 10.4 Å². The van der Waals surface area contributed by atoms with E-state index in [1.54, 1.807) is 22.1 Å². The fraction of sp³-hybridized carbons (Fsp3) is 0.364. The standard InChI is InChI=1S/C33H38N4O5/c34-31(38)30(26-9-3-1-4-10-26)35-32(39)29-14-8-7-13-28(29)25-17-15-24(16-18-25)23-37(27-11-5-2-6-12-27)33(40)42-36-19-21-41-22-20-36/h1-6,9-12,15-18,28-30H,7-8,13-14,19-23H2,(H2,34,38)(H,35,39)/t28-,29+,30-/m0/s1. The predicted octanol–water partition coefficient (Wildman–Crippen LogP) is 4.69. The Hall–Kier alpha value is -4.21. The fourth-order valence-corrected chi connectivity index (χ4v) is 5.78. The lowest BCUT2D eigenvalue weighted by Gasteiger charge is -2.32. The lowest BCUT2D eigenvalue weighted by Crippen LogP contribution is -2.42. The lowest BCUT2D eigenvalue weighted by molar-refractivity contribution is -0.144. The Bertz CT molecular complexity index is 1330. The van der Waals surface area contributed by atoms with Crippen molar-refractivity contribution >= 4 is 23.6 Å². The number of nitrogens with one attached hydrogen (secondary N) is 1. The summed E-state index contributed by atoms with van der Waals surface area (Å²) in [6.45, 7) is 2.44.